The van der Waals surface area contributed by atoms with Gasteiger partial charge >= 0.3 is 5.97 Å². The largest absolute Gasteiger partial charge is 0.497 e. The van der Waals surface area contributed by atoms with Crippen LogP contribution >= 0.6 is 0 Å². The normalized spacial score (nSPS) is 10.8. The van der Waals surface area contributed by atoms with Crippen molar-refractivity contribution >= 4 is 11.5 Å². The molecule has 0 atom stereocenters. The summed E-state index contributed by atoms with van der Waals surface area (Å²) in [6, 6.07) is 7.26. The van der Waals surface area contributed by atoms with Crippen molar-refractivity contribution in [3.05, 3.63) is 48.6 Å². The Hall–Kier alpha value is -2.03. The number of methoxy groups -OCH3 is 1. The highest BCUT2D eigenvalue weighted by atomic mass is 16.5. The topological polar surface area (TPSA) is 35.5 Å². The van der Waals surface area contributed by atoms with Crippen molar-refractivity contribution in [2.75, 3.05) is 13.7 Å². The van der Waals surface area contributed by atoms with Crippen LogP contribution in [0.15, 0.2) is 43.0 Å². The molecule has 0 fully saturated rings. The Morgan fingerprint density at radius 1 is 1.47 bits per heavy atom. The van der Waals surface area contributed by atoms with Crippen LogP contribution in [0, 0.1) is 0 Å². The van der Waals surface area contributed by atoms with Gasteiger partial charge in [-0.05, 0) is 30.7 Å². The number of allylic oxidation sites excluding steroid dienone is 2. The van der Waals surface area contributed by atoms with Crippen LogP contribution in [0.4, 0.5) is 0 Å². The van der Waals surface area contributed by atoms with Gasteiger partial charge in [-0.25, -0.2) is 4.79 Å². The van der Waals surface area contributed by atoms with E-state index >= 15 is 0 Å². The monoisotopic (exact) mass is 232 g/mol. The number of carbonyl (C=O) groups excluding carboxylic acids is 1. The van der Waals surface area contributed by atoms with E-state index in [2.05, 4.69) is 6.58 Å². The predicted molar refractivity (Wildman–Crippen MR) is 67.8 cm³/mol. The molecule has 0 radical (unpaired) electrons. The molecule has 0 N–H and O–H groups in total. The highest BCUT2D eigenvalue weighted by Gasteiger charge is 2.12. The van der Waals surface area contributed by atoms with Gasteiger partial charge in [0.15, 0.2) is 0 Å². The van der Waals surface area contributed by atoms with E-state index in [1.54, 1.807) is 32.3 Å². The number of ether oxygens (including phenoxy) is 2. The molecule has 1 aromatic carbocycles. The summed E-state index contributed by atoms with van der Waals surface area (Å²) in [4.78, 5) is 11.8. The molecule has 3 nitrogen and oxygen atoms in total. The van der Waals surface area contributed by atoms with Gasteiger partial charge in [0.1, 0.15) is 5.75 Å². The van der Waals surface area contributed by atoms with Gasteiger partial charge in [0.05, 0.1) is 19.3 Å². The van der Waals surface area contributed by atoms with Crippen LogP contribution in [0.3, 0.4) is 0 Å². The zero-order chi connectivity index (χ0) is 12.7. The number of hydrogen-bond donors (Lipinski definition) is 0. The summed E-state index contributed by atoms with van der Waals surface area (Å²) in [7, 11) is 1.58. The number of rotatable bonds is 5. The smallest absolute Gasteiger partial charge is 0.338 e. The maximum Gasteiger partial charge on any atom is 0.338 e. The van der Waals surface area contributed by atoms with Crippen molar-refractivity contribution in [2.24, 2.45) is 0 Å². The number of carbonyl (C=O) groups is 1. The molecule has 0 heterocycles. The predicted octanol–water partition coefficient (Wildman–Crippen LogP) is 2.83. The highest BCUT2D eigenvalue weighted by molar-refractivity contribution is 6.16. The molecular formula is C14H16O3. The maximum absolute atomic E-state index is 11.8. The number of benzene rings is 1. The summed E-state index contributed by atoms with van der Waals surface area (Å²) >= 11 is 0. The SMILES string of the molecule is C=CC=C(C(=O)OCC)c1cccc(OC)c1. The molecule has 0 amide bonds. The second-order valence-electron chi connectivity index (χ2n) is 3.27. The third-order valence-corrected chi connectivity index (χ3v) is 2.16. The quantitative estimate of drug-likeness (QED) is 0.445. The summed E-state index contributed by atoms with van der Waals surface area (Å²) in [5.41, 5.74) is 1.23. The van der Waals surface area contributed by atoms with Gasteiger partial charge < -0.3 is 9.47 Å². The Morgan fingerprint density at radius 3 is 2.82 bits per heavy atom. The lowest BCUT2D eigenvalue weighted by molar-refractivity contribution is -0.136. The highest BCUT2D eigenvalue weighted by Crippen LogP contribution is 2.21. The fourth-order valence-corrected chi connectivity index (χ4v) is 1.40. The Kier molecular flexibility index (Phi) is 5.01. The fourth-order valence-electron chi connectivity index (χ4n) is 1.40. The van der Waals surface area contributed by atoms with Crippen LogP contribution in [0.1, 0.15) is 12.5 Å². The van der Waals surface area contributed by atoms with E-state index in [1.165, 1.54) is 0 Å². The molecule has 0 aliphatic rings. The average Bonchev–Trinajstić information content (AvgIpc) is 2.36. The third-order valence-electron chi connectivity index (χ3n) is 2.16. The van der Waals surface area contributed by atoms with E-state index in [0.717, 1.165) is 5.56 Å². The first kappa shape index (κ1) is 13.0. The van der Waals surface area contributed by atoms with Gasteiger partial charge in [-0.2, -0.15) is 0 Å². The molecule has 1 aromatic rings. The third kappa shape index (κ3) is 3.48. The molecule has 0 saturated heterocycles. The second kappa shape index (κ2) is 6.53. The molecule has 90 valence electrons. The molecule has 0 unspecified atom stereocenters. The summed E-state index contributed by atoms with van der Waals surface area (Å²) in [6.07, 6.45) is 3.19. The van der Waals surface area contributed by atoms with Gasteiger partial charge in [-0.15, -0.1) is 0 Å². The van der Waals surface area contributed by atoms with Gasteiger partial charge in [-0.1, -0.05) is 24.8 Å². The van der Waals surface area contributed by atoms with Crippen molar-refractivity contribution in [3.63, 3.8) is 0 Å². The van der Waals surface area contributed by atoms with Crippen molar-refractivity contribution in [1.29, 1.82) is 0 Å². The summed E-state index contributed by atoms with van der Waals surface area (Å²) in [5.74, 6) is 0.336. The Labute approximate surface area is 101 Å². The second-order valence-corrected chi connectivity index (χ2v) is 3.27. The minimum atomic E-state index is -0.361. The first-order chi connectivity index (χ1) is 8.22. The van der Waals surface area contributed by atoms with Crippen LogP contribution in [0.25, 0.3) is 5.57 Å². The maximum atomic E-state index is 11.8. The van der Waals surface area contributed by atoms with Crippen LogP contribution in [0.5, 0.6) is 5.75 Å². The molecule has 1 rings (SSSR count). The Bertz CT molecular complexity index is 433. The fraction of sp³-hybridized carbons (Fsp3) is 0.214. The first-order valence-electron chi connectivity index (χ1n) is 5.37. The average molecular weight is 232 g/mol. The van der Waals surface area contributed by atoms with Crippen molar-refractivity contribution < 1.29 is 14.3 Å². The Morgan fingerprint density at radius 2 is 2.24 bits per heavy atom. The minimum Gasteiger partial charge on any atom is -0.497 e. The van der Waals surface area contributed by atoms with E-state index < -0.39 is 0 Å². The molecule has 0 aromatic heterocycles. The lowest BCUT2D eigenvalue weighted by atomic mass is 10.1. The van der Waals surface area contributed by atoms with E-state index in [-0.39, 0.29) is 5.97 Å². The molecule has 17 heavy (non-hydrogen) atoms. The van der Waals surface area contributed by atoms with Crippen LogP contribution in [-0.4, -0.2) is 19.7 Å². The lowest BCUT2D eigenvalue weighted by Gasteiger charge is -2.08. The first-order valence-corrected chi connectivity index (χ1v) is 5.37. The molecule has 3 heteroatoms. The number of esters is 1. The summed E-state index contributed by atoms with van der Waals surface area (Å²) in [6.45, 7) is 5.71. The zero-order valence-electron chi connectivity index (χ0n) is 10.1. The van der Waals surface area contributed by atoms with Gasteiger partial charge in [0.2, 0.25) is 0 Å². The van der Waals surface area contributed by atoms with Gasteiger partial charge in [0, 0.05) is 0 Å². The van der Waals surface area contributed by atoms with E-state index in [0.29, 0.717) is 17.9 Å². The van der Waals surface area contributed by atoms with E-state index in [1.807, 2.05) is 18.2 Å². The standard InChI is InChI=1S/C14H16O3/c1-4-7-13(14(15)17-5-2)11-8-6-9-12(10-11)16-3/h4,6-10H,1,5H2,2-3H3. The molecule has 0 saturated carbocycles. The molecule has 0 aliphatic carbocycles. The van der Waals surface area contributed by atoms with E-state index in [9.17, 15) is 4.79 Å². The van der Waals surface area contributed by atoms with Crippen LogP contribution < -0.4 is 4.74 Å². The number of hydrogen-bond acceptors (Lipinski definition) is 3. The summed E-state index contributed by atoms with van der Waals surface area (Å²) in [5, 5.41) is 0. The molecule has 0 spiro atoms. The zero-order valence-corrected chi connectivity index (χ0v) is 10.1. The molecular weight excluding hydrogens is 216 g/mol. The van der Waals surface area contributed by atoms with Crippen LogP contribution in [-0.2, 0) is 9.53 Å². The van der Waals surface area contributed by atoms with Gasteiger partial charge in [-0.3, -0.25) is 0 Å². The van der Waals surface area contributed by atoms with Crippen LogP contribution in [0.2, 0.25) is 0 Å². The molecule has 0 bridgehead atoms. The van der Waals surface area contributed by atoms with Crippen molar-refractivity contribution in [2.45, 2.75) is 6.92 Å². The molecule has 0 aliphatic heterocycles. The summed E-state index contributed by atoms with van der Waals surface area (Å²) < 4.78 is 10.1. The van der Waals surface area contributed by atoms with Crippen molar-refractivity contribution in [1.82, 2.24) is 0 Å². The minimum absolute atomic E-state index is 0.345. The van der Waals surface area contributed by atoms with Crippen molar-refractivity contribution in [3.8, 4) is 5.75 Å². The van der Waals surface area contributed by atoms with E-state index in [4.69, 9.17) is 9.47 Å². The van der Waals surface area contributed by atoms with Gasteiger partial charge in [0.25, 0.3) is 0 Å². The lowest BCUT2D eigenvalue weighted by Crippen LogP contribution is -2.06. The Balaban J connectivity index is 3.09.